The second-order valence-corrected chi connectivity index (χ2v) is 3.12. The van der Waals surface area contributed by atoms with Gasteiger partial charge < -0.3 is 10.5 Å². The van der Waals surface area contributed by atoms with Gasteiger partial charge in [0.05, 0.1) is 0 Å². The van der Waals surface area contributed by atoms with Crippen molar-refractivity contribution in [3.8, 4) is 0 Å². The van der Waals surface area contributed by atoms with Crippen molar-refractivity contribution in [1.82, 2.24) is 0 Å². The normalized spacial score (nSPS) is 25.0. The predicted octanol–water partition coefficient (Wildman–Crippen LogP) is 0.985. The first kappa shape index (κ1) is 9.26. The topological polar surface area (TPSA) is 52.3 Å². The van der Waals surface area contributed by atoms with Gasteiger partial charge in [-0.1, -0.05) is 6.08 Å². The van der Waals surface area contributed by atoms with E-state index in [2.05, 4.69) is 0 Å². The van der Waals surface area contributed by atoms with Crippen LogP contribution in [0, 0.1) is 0 Å². The number of ether oxygens (including phenoxy) is 1. The average molecular weight is 169 g/mol. The van der Waals surface area contributed by atoms with E-state index in [0.29, 0.717) is 0 Å². The van der Waals surface area contributed by atoms with Crippen LogP contribution in [-0.4, -0.2) is 18.1 Å². The van der Waals surface area contributed by atoms with Crippen LogP contribution in [0.4, 0.5) is 0 Å². The van der Waals surface area contributed by atoms with E-state index in [0.717, 1.165) is 19.3 Å². The SMILES string of the molecule is C[C@H](N)C(=O)OC1C=CCCC1. The quantitative estimate of drug-likeness (QED) is 0.495. The van der Waals surface area contributed by atoms with Gasteiger partial charge in [-0.15, -0.1) is 0 Å². The fourth-order valence-corrected chi connectivity index (χ4v) is 1.14. The van der Waals surface area contributed by atoms with Crippen molar-refractivity contribution in [1.29, 1.82) is 0 Å². The van der Waals surface area contributed by atoms with Crippen LogP contribution >= 0.6 is 0 Å². The lowest BCUT2D eigenvalue weighted by Gasteiger charge is -2.18. The fraction of sp³-hybridized carbons (Fsp3) is 0.667. The van der Waals surface area contributed by atoms with Gasteiger partial charge >= 0.3 is 5.97 Å². The minimum absolute atomic E-state index is 0.0442. The zero-order valence-electron chi connectivity index (χ0n) is 7.32. The van der Waals surface area contributed by atoms with Crippen molar-refractivity contribution in [2.75, 3.05) is 0 Å². The molecule has 0 radical (unpaired) electrons. The lowest BCUT2D eigenvalue weighted by Crippen LogP contribution is -2.32. The number of hydrogen-bond acceptors (Lipinski definition) is 3. The molecule has 1 aliphatic carbocycles. The highest BCUT2D eigenvalue weighted by atomic mass is 16.5. The van der Waals surface area contributed by atoms with Crippen molar-refractivity contribution < 1.29 is 9.53 Å². The average Bonchev–Trinajstić information content (AvgIpc) is 2.06. The second kappa shape index (κ2) is 4.26. The highest BCUT2D eigenvalue weighted by Crippen LogP contribution is 2.13. The van der Waals surface area contributed by atoms with Crippen LogP contribution in [0.15, 0.2) is 12.2 Å². The summed E-state index contributed by atoms with van der Waals surface area (Å²) < 4.78 is 5.10. The first-order valence-corrected chi connectivity index (χ1v) is 4.33. The van der Waals surface area contributed by atoms with Crippen LogP contribution < -0.4 is 5.73 Å². The Balaban J connectivity index is 2.35. The van der Waals surface area contributed by atoms with Crippen LogP contribution in [0.1, 0.15) is 26.2 Å². The van der Waals surface area contributed by atoms with Crippen LogP contribution in [0.2, 0.25) is 0 Å². The molecular formula is C9H15NO2. The maximum atomic E-state index is 11.0. The van der Waals surface area contributed by atoms with Gasteiger partial charge in [-0.2, -0.15) is 0 Å². The van der Waals surface area contributed by atoms with Crippen molar-refractivity contribution in [2.24, 2.45) is 5.73 Å². The molecular weight excluding hydrogens is 154 g/mol. The Morgan fingerprint density at radius 1 is 1.75 bits per heavy atom. The summed E-state index contributed by atoms with van der Waals surface area (Å²) in [6, 6.07) is -0.514. The number of hydrogen-bond donors (Lipinski definition) is 1. The summed E-state index contributed by atoms with van der Waals surface area (Å²) >= 11 is 0. The van der Waals surface area contributed by atoms with Crippen molar-refractivity contribution in [2.45, 2.75) is 38.3 Å². The summed E-state index contributed by atoms with van der Waals surface area (Å²) in [5.41, 5.74) is 5.35. The van der Waals surface area contributed by atoms with Crippen molar-refractivity contribution in [3.05, 3.63) is 12.2 Å². The Labute approximate surface area is 72.6 Å². The van der Waals surface area contributed by atoms with Crippen LogP contribution in [-0.2, 0) is 9.53 Å². The van der Waals surface area contributed by atoms with Gasteiger partial charge in [0.15, 0.2) is 0 Å². The van der Waals surface area contributed by atoms with Gasteiger partial charge in [0.1, 0.15) is 12.1 Å². The number of nitrogens with two attached hydrogens (primary N) is 1. The molecule has 0 aromatic rings. The summed E-state index contributed by atoms with van der Waals surface area (Å²) in [4.78, 5) is 11.0. The lowest BCUT2D eigenvalue weighted by atomic mass is 10.1. The largest absolute Gasteiger partial charge is 0.457 e. The Hall–Kier alpha value is -0.830. The Kier molecular flexibility index (Phi) is 3.29. The van der Waals surface area contributed by atoms with E-state index in [-0.39, 0.29) is 12.1 Å². The molecule has 0 aliphatic heterocycles. The number of carbonyl (C=O) groups is 1. The van der Waals surface area contributed by atoms with Gasteiger partial charge in [0, 0.05) is 0 Å². The summed E-state index contributed by atoms with van der Waals surface area (Å²) in [7, 11) is 0. The van der Waals surface area contributed by atoms with Crippen LogP contribution in [0.25, 0.3) is 0 Å². The first-order valence-electron chi connectivity index (χ1n) is 4.33. The molecule has 0 saturated heterocycles. The summed E-state index contributed by atoms with van der Waals surface area (Å²) in [6.07, 6.45) is 7.04. The Bertz CT molecular complexity index is 187. The minimum atomic E-state index is -0.514. The molecule has 3 nitrogen and oxygen atoms in total. The zero-order chi connectivity index (χ0) is 8.97. The minimum Gasteiger partial charge on any atom is -0.457 e. The van der Waals surface area contributed by atoms with E-state index < -0.39 is 6.04 Å². The molecule has 0 spiro atoms. The summed E-state index contributed by atoms with van der Waals surface area (Å²) in [6.45, 7) is 1.63. The molecule has 3 heteroatoms. The van der Waals surface area contributed by atoms with Crippen molar-refractivity contribution >= 4 is 5.97 Å². The monoisotopic (exact) mass is 169 g/mol. The molecule has 0 aromatic heterocycles. The van der Waals surface area contributed by atoms with E-state index in [9.17, 15) is 4.79 Å². The van der Waals surface area contributed by atoms with E-state index in [1.165, 1.54) is 0 Å². The van der Waals surface area contributed by atoms with Gasteiger partial charge in [0.2, 0.25) is 0 Å². The van der Waals surface area contributed by atoms with Gasteiger partial charge in [-0.3, -0.25) is 4.79 Å². The molecule has 2 N–H and O–H groups in total. The molecule has 0 aromatic carbocycles. The smallest absolute Gasteiger partial charge is 0.323 e. The maximum absolute atomic E-state index is 11.0. The first-order chi connectivity index (χ1) is 5.70. The molecule has 2 atom stereocenters. The van der Waals surface area contributed by atoms with E-state index >= 15 is 0 Å². The highest BCUT2D eigenvalue weighted by Gasteiger charge is 2.15. The number of allylic oxidation sites excluding steroid dienone is 1. The molecule has 0 amide bonds. The number of carbonyl (C=O) groups excluding carboxylic acids is 1. The third-order valence-electron chi connectivity index (χ3n) is 1.85. The molecule has 1 unspecified atom stereocenters. The van der Waals surface area contributed by atoms with Crippen LogP contribution in [0.5, 0.6) is 0 Å². The van der Waals surface area contributed by atoms with Crippen molar-refractivity contribution in [3.63, 3.8) is 0 Å². The predicted molar refractivity (Wildman–Crippen MR) is 46.5 cm³/mol. The molecule has 12 heavy (non-hydrogen) atoms. The van der Waals surface area contributed by atoms with E-state index in [4.69, 9.17) is 10.5 Å². The molecule has 0 bridgehead atoms. The van der Waals surface area contributed by atoms with E-state index in [1.807, 2.05) is 12.2 Å². The van der Waals surface area contributed by atoms with E-state index in [1.54, 1.807) is 6.92 Å². The molecule has 0 heterocycles. The molecule has 0 fully saturated rings. The summed E-state index contributed by atoms with van der Waals surface area (Å²) in [5.74, 6) is -0.313. The third-order valence-corrected chi connectivity index (χ3v) is 1.85. The van der Waals surface area contributed by atoms with Gasteiger partial charge in [-0.05, 0) is 32.3 Å². The molecule has 0 saturated carbocycles. The van der Waals surface area contributed by atoms with Gasteiger partial charge in [0.25, 0.3) is 0 Å². The Morgan fingerprint density at radius 2 is 2.50 bits per heavy atom. The second-order valence-electron chi connectivity index (χ2n) is 3.12. The fourth-order valence-electron chi connectivity index (χ4n) is 1.14. The molecule has 1 rings (SSSR count). The molecule has 1 aliphatic rings. The number of esters is 1. The van der Waals surface area contributed by atoms with Gasteiger partial charge in [-0.25, -0.2) is 0 Å². The lowest BCUT2D eigenvalue weighted by molar-refractivity contribution is -0.148. The zero-order valence-corrected chi connectivity index (χ0v) is 7.32. The highest BCUT2D eigenvalue weighted by molar-refractivity contribution is 5.75. The number of rotatable bonds is 2. The standard InChI is InChI=1S/C9H15NO2/c1-7(10)9(11)12-8-5-3-2-4-6-8/h3,5,7-8H,2,4,6,10H2,1H3/t7-,8?/m0/s1. The van der Waals surface area contributed by atoms with Crippen LogP contribution in [0.3, 0.4) is 0 Å². The maximum Gasteiger partial charge on any atom is 0.323 e. The molecule has 68 valence electrons. The third kappa shape index (κ3) is 2.66. The summed E-state index contributed by atoms with van der Waals surface area (Å²) in [5, 5.41) is 0. The Morgan fingerprint density at radius 3 is 3.00 bits per heavy atom.